The van der Waals surface area contributed by atoms with Crippen molar-refractivity contribution in [3.05, 3.63) is 82.7 Å². The molecule has 4 N–H and O–H groups in total. The van der Waals surface area contributed by atoms with Gasteiger partial charge in [0.25, 0.3) is 0 Å². The van der Waals surface area contributed by atoms with E-state index in [1.165, 1.54) is 18.5 Å². The van der Waals surface area contributed by atoms with Crippen LogP contribution in [0.2, 0.25) is 5.02 Å². The predicted octanol–water partition coefficient (Wildman–Crippen LogP) is 7.32. The Morgan fingerprint density at radius 1 is 1.11 bits per heavy atom. The molecule has 0 bridgehead atoms. The lowest BCUT2D eigenvalue weighted by atomic mass is 9.96. The van der Waals surface area contributed by atoms with Crippen LogP contribution in [0.5, 0.6) is 0 Å². The molecule has 4 aromatic rings. The van der Waals surface area contributed by atoms with Gasteiger partial charge in [0.1, 0.15) is 11.9 Å². The fourth-order valence-electron chi connectivity index (χ4n) is 5.34. The molecule has 8 nitrogen and oxygen atoms in total. The van der Waals surface area contributed by atoms with E-state index in [1.807, 2.05) is 0 Å². The maximum Gasteiger partial charge on any atom is 0.413 e. The quantitative estimate of drug-likeness (QED) is 0.159. The van der Waals surface area contributed by atoms with Gasteiger partial charge < -0.3 is 16.1 Å². The minimum Gasteiger partial charge on any atom is -0.383 e. The van der Waals surface area contributed by atoms with Gasteiger partial charge in [-0.1, -0.05) is 44.5 Å². The molecule has 6 rings (SSSR count). The highest BCUT2D eigenvalue weighted by atomic mass is 35.5. The van der Waals surface area contributed by atoms with Gasteiger partial charge in [-0.2, -0.15) is 18.4 Å². The van der Waals surface area contributed by atoms with Crippen LogP contribution in [0.4, 0.5) is 28.9 Å². The molecule has 1 aliphatic heterocycles. The third-order valence-electron chi connectivity index (χ3n) is 7.80. The molecule has 2 aromatic heterocycles. The molecule has 228 valence electrons. The number of benzene rings is 2. The third-order valence-corrected chi connectivity index (χ3v) is 8.09. The Bertz CT molecular complexity index is 1840. The van der Waals surface area contributed by atoms with E-state index in [2.05, 4.69) is 58.4 Å². The fourth-order valence-corrected chi connectivity index (χ4v) is 5.61. The molecule has 0 amide bonds. The lowest BCUT2D eigenvalue weighted by Gasteiger charge is -2.28. The summed E-state index contributed by atoms with van der Waals surface area (Å²) in [5.74, 6) is -0.552. The van der Waals surface area contributed by atoms with E-state index in [1.54, 1.807) is 30.3 Å². The number of nitrogens with one attached hydrogen (secondary N) is 4. The number of rotatable bonds is 7. The summed E-state index contributed by atoms with van der Waals surface area (Å²) in [6.07, 6.45) is -0.575. The summed E-state index contributed by atoms with van der Waals surface area (Å²) in [6, 6.07) is 11.4. The summed E-state index contributed by atoms with van der Waals surface area (Å²) >= 11 is 6.72. The SMILES string of the molecule is CC(C)(C)CNc1c(C#N)cnc2c(Cl)cc(N[C@H](C3=CN(C4(C(F)(F)F)CC4)NN3)c3cccc4ncc(F)cc34)cc12. The highest BCUT2D eigenvalue weighted by molar-refractivity contribution is 6.35. The van der Waals surface area contributed by atoms with E-state index in [9.17, 15) is 22.8 Å². The summed E-state index contributed by atoms with van der Waals surface area (Å²) < 4.78 is 56.3. The molecule has 0 spiro atoms. The van der Waals surface area contributed by atoms with Crippen LogP contribution in [-0.2, 0) is 0 Å². The molecule has 2 aliphatic rings. The minimum absolute atomic E-state index is 0.0463. The van der Waals surface area contributed by atoms with Crippen LogP contribution >= 0.6 is 11.6 Å². The first-order valence-electron chi connectivity index (χ1n) is 14.0. The second-order valence-electron chi connectivity index (χ2n) is 12.3. The zero-order valence-corrected chi connectivity index (χ0v) is 24.8. The molecule has 2 aromatic carbocycles. The Hall–Kier alpha value is -4.34. The number of fused-ring (bicyclic) bond motifs is 2. The van der Waals surface area contributed by atoms with Crippen molar-refractivity contribution in [1.29, 1.82) is 5.26 Å². The average molecular weight is 625 g/mol. The predicted molar refractivity (Wildman–Crippen MR) is 162 cm³/mol. The van der Waals surface area contributed by atoms with Crippen LogP contribution in [0.3, 0.4) is 0 Å². The van der Waals surface area contributed by atoms with Gasteiger partial charge in [-0.15, -0.1) is 5.53 Å². The molecule has 44 heavy (non-hydrogen) atoms. The maximum atomic E-state index is 14.4. The molecular formula is C31H29ClF4N8. The Morgan fingerprint density at radius 2 is 1.89 bits per heavy atom. The highest BCUT2D eigenvalue weighted by Crippen LogP contribution is 2.54. The normalized spacial score (nSPS) is 16.8. The third kappa shape index (κ3) is 5.42. The van der Waals surface area contributed by atoms with Gasteiger partial charge in [0, 0.05) is 35.4 Å². The molecule has 0 unspecified atom stereocenters. The van der Waals surface area contributed by atoms with Crippen molar-refractivity contribution in [3.8, 4) is 6.07 Å². The van der Waals surface area contributed by atoms with Crippen LogP contribution in [0.15, 0.2) is 60.7 Å². The van der Waals surface area contributed by atoms with Crippen molar-refractivity contribution in [2.75, 3.05) is 17.2 Å². The van der Waals surface area contributed by atoms with E-state index in [-0.39, 0.29) is 18.3 Å². The zero-order chi connectivity index (χ0) is 31.4. The summed E-state index contributed by atoms with van der Waals surface area (Å²) in [5, 5.41) is 19.0. The van der Waals surface area contributed by atoms with Crippen LogP contribution in [-0.4, -0.2) is 33.2 Å². The van der Waals surface area contributed by atoms with Gasteiger partial charge in [-0.05, 0) is 48.1 Å². The molecule has 1 aliphatic carbocycles. The Kier molecular flexibility index (Phi) is 7.21. The number of anilines is 2. The zero-order valence-electron chi connectivity index (χ0n) is 24.1. The number of pyridine rings is 2. The Balaban J connectivity index is 1.48. The molecule has 3 heterocycles. The molecule has 13 heteroatoms. The van der Waals surface area contributed by atoms with E-state index < -0.39 is 23.6 Å². The van der Waals surface area contributed by atoms with Crippen LogP contribution in [0.25, 0.3) is 21.8 Å². The standard InChI is InChI=1S/C31H29ClF4N8/c1-29(2,3)16-40-26-17(12-37)13-39-27-22(26)10-19(11-23(27)32)41-28(20-5-4-6-24-21(20)9-18(33)14-38-24)25-15-44(43-42-25)30(7-8-30)31(34,35)36/h4-6,9-11,13-15,28,41-43H,7-8,16H2,1-3H3,(H,39,40)/t28-/m0/s1. The lowest BCUT2D eigenvalue weighted by Crippen LogP contribution is -2.52. The summed E-state index contributed by atoms with van der Waals surface area (Å²) in [7, 11) is 0. The summed E-state index contributed by atoms with van der Waals surface area (Å²) in [5.41, 5.74) is 6.79. The number of hydrazine groups is 2. The first-order valence-corrected chi connectivity index (χ1v) is 14.3. The summed E-state index contributed by atoms with van der Waals surface area (Å²) in [4.78, 5) is 8.61. The number of halogens is 5. The van der Waals surface area contributed by atoms with Crippen molar-refractivity contribution in [2.45, 2.75) is 51.4 Å². The minimum atomic E-state index is -4.45. The molecule has 1 saturated carbocycles. The molecule has 1 fully saturated rings. The Morgan fingerprint density at radius 3 is 2.57 bits per heavy atom. The smallest absolute Gasteiger partial charge is 0.383 e. The van der Waals surface area contributed by atoms with Gasteiger partial charge in [0.2, 0.25) is 0 Å². The van der Waals surface area contributed by atoms with Crippen molar-refractivity contribution >= 4 is 44.8 Å². The van der Waals surface area contributed by atoms with E-state index in [0.717, 1.165) is 11.2 Å². The lowest BCUT2D eigenvalue weighted by molar-refractivity contribution is -0.195. The second kappa shape index (κ2) is 10.7. The second-order valence-corrected chi connectivity index (χ2v) is 12.7. The number of nitrogens with zero attached hydrogens (tertiary/aromatic N) is 4. The van der Waals surface area contributed by atoms with Crippen LogP contribution < -0.4 is 21.6 Å². The number of hydrogen-bond acceptors (Lipinski definition) is 8. The number of aromatic nitrogens is 2. The van der Waals surface area contributed by atoms with Gasteiger partial charge in [-0.3, -0.25) is 15.0 Å². The monoisotopic (exact) mass is 624 g/mol. The molecule has 0 radical (unpaired) electrons. The topological polar surface area (TPSA) is 101 Å². The van der Waals surface area contributed by atoms with Gasteiger partial charge in [0.15, 0.2) is 5.54 Å². The molecule has 1 atom stereocenters. The van der Waals surface area contributed by atoms with E-state index in [4.69, 9.17) is 11.6 Å². The van der Waals surface area contributed by atoms with Crippen molar-refractivity contribution in [2.24, 2.45) is 5.41 Å². The average Bonchev–Trinajstić information content (AvgIpc) is 3.65. The number of hydrogen-bond donors (Lipinski definition) is 4. The van der Waals surface area contributed by atoms with Crippen molar-refractivity contribution < 1.29 is 17.6 Å². The van der Waals surface area contributed by atoms with Gasteiger partial charge in [-0.25, -0.2) is 4.39 Å². The first kappa shape index (κ1) is 29.7. The molecular weight excluding hydrogens is 596 g/mol. The van der Waals surface area contributed by atoms with Crippen LogP contribution in [0, 0.1) is 22.6 Å². The Labute approximate surface area is 256 Å². The summed E-state index contributed by atoms with van der Waals surface area (Å²) in [6.45, 7) is 6.75. The van der Waals surface area contributed by atoms with Crippen molar-refractivity contribution in [3.63, 3.8) is 0 Å². The largest absolute Gasteiger partial charge is 0.413 e. The number of nitriles is 1. The van der Waals surface area contributed by atoms with E-state index >= 15 is 0 Å². The van der Waals surface area contributed by atoms with E-state index in [0.29, 0.717) is 61.6 Å². The number of alkyl halides is 3. The maximum absolute atomic E-state index is 14.4. The highest BCUT2D eigenvalue weighted by Gasteiger charge is 2.67. The van der Waals surface area contributed by atoms with Gasteiger partial charge >= 0.3 is 6.18 Å². The van der Waals surface area contributed by atoms with Crippen molar-refractivity contribution in [1.82, 2.24) is 25.9 Å². The fraction of sp³-hybridized carbons (Fsp3) is 0.323. The molecule has 0 saturated heterocycles. The first-order chi connectivity index (χ1) is 20.8. The van der Waals surface area contributed by atoms with Crippen LogP contribution in [0.1, 0.15) is 50.8 Å². The van der Waals surface area contributed by atoms with Gasteiger partial charge in [0.05, 0.1) is 45.2 Å².